The Hall–Kier alpha value is -2.41. The lowest BCUT2D eigenvalue weighted by atomic mass is 10.2. The highest BCUT2D eigenvalue weighted by Crippen LogP contribution is 2.08. The van der Waals surface area contributed by atoms with Gasteiger partial charge in [0.25, 0.3) is 0 Å². The Morgan fingerprint density at radius 3 is 2.61 bits per heavy atom. The van der Waals surface area contributed by atoms with Crippen LogP contribution in [0.15, 0.2) is 35.7 Å². The second-order valence-corrected chi connectivity index (χ2v) is 7.01. The molecule has 2 aromatic heterocycles. The number of pyridine rings is 1. The summed E-state index contributed by atoms with van der Waals surface area (Å²) in [6, 6.07) is 4.47. The highest BCUT2D eigenvalue weighted by Gasteiger charge is 2.07. The molecule has 0 bridgehead atoms. The van der Waals surface area contributed by atoms with Gasteiger partial charge < -0.3 is 15.5 Å². The highest BCUT2D eigenvalue weighted by molar-refractivity contribution is 5.79. The number of aryl methyl sites for hydroxylation is 1. The Labute approximate surface area is 169 Å². The summed E-state index contributed by atoms with van der Waals surface area (Å²) in [5, 5.41) is 6.85. The van der Waals surface area contributed by atoms with Crippen molar-refractivity contribution in [1.29, 1.82) is 0 Å². The first kappa shape index (κ1) is 21.9. The van der Waals surface area contributed by atoms with Crippen LogP contribution in [0.3, 0.4) is 0 Å². The lowest BCUT2D eigenvalue weighted by molar-refractivity contribution is 0.292. The first-order valence-corrected chi connectivity index (χ1v) is 10.2. The van der Waals surface area contributed by atoms with Crippen molar-refractivity contribution in [2.24, 2.45) is 4.99 Å². The number of rotatable bonds is 10. The number of hydrogen-bond acceptors (Lipinski definition) is 4. The number of aromatic nitrogens is 3. The first-order chi connectivity index (χ1) is 13.6. The van der Waals surface area contributed by atoms with Gasteiger partial charge in [-0.25, -0.2) is 9.97 Å². The Bertz CT molecular complexity index is 717. The molecule has 0 amide bonds. The maximum atomic E-state index is 4.54. The molecule has 0 aromatic carbocycles. The summed E-state index contributed by atoms with van der Waals surface area (Å²) in [7, 11) is 1.81. The SMILES string of the molecule is CCN(CC)CCCC(C)NC(=NC)NCc1ccc(-n2ccnc2C)nc1. The molecule has 0 aliphatic carbocycles. The van der Waals surface area contributed by atoms with E-state index in [1.807, 2.05) is 30.0 Å². The first-order valence-electron chi connectivity index (χ1n) is 10.2. The molecule has 0 aliphatic rings. The summed E-state index contributed by atoms with van der Waals surface area (Å²) in [5.41, 5.74) is 1.11. The normalized spacial score (nSPS) is 13.0. The maximum absolute atomic E-state index is 4.54. The quantitative estimate of drug-likeness (QED) is 0.486. The molecule has 1 atom stereocenters. The average Bonchev–Trinajstić information content (AvgIpc) is 3.14. The molecule has 154 valence electrons. The molecule has 7 heteroatoms. The molecule has 0 fully saturated rings. The third-order valence-corrected chi connectivity index (χ3v) is 4.95. The molecule has 2 aromatic rings. The van der Waals surface area contributed by atoms with Crippen molar-refractivity contribution in [3.05, 3.63) is 42.1 Å². The fraction of sp³-hybridized carbons (Fsp3) is 0.571. The number of imidazole rings is 1. The lowest BCUT2D eigenvalue weighted by Gasteiger charge is -2.21. The van der Waals surface area contributed by atoms with Gasteiger partial charge in [0.2, 0.25) is 0 Å². The van der Waals surface area contributed by atoms with E-state index in [4.69, 9.17) is 0 Å². The van der Waals surface area contributed by atoms with Crippen molar-refractivity contribution in [2.75, 3.05) is 26.7 Å². The largest absolute Gasteiger partial charge is 0.354 e. The zero-order valence-corrected chi connectivity index (χ0v) is 17.9. The number of nitrogens with zero attached hydrogens (tertiary/aromatic N) is 5. The minimum atomic E-state index is 0.381. The van der Waals surface area contributed by atoms with E-state index in [-0.39, 0.29) is 0 Å². The van der Waals surface area contributed by atoms with E-state index in [0.717, 1.165) is 49.2 Å². The van der Waals surface area contributed by atoms with E-state index in [1.54, 1.807) is 13.2 Å². The van der Waals surface area contributed by atoms with Crippen LogP contribution in [-0.4, -0.2) is 58.1 Å². The minimum absolute atomic E-state index is 0.381. The molecule has 28 heavy (non-hydrogen) atoms. The summed E-state index contributed by atoms with van der Waals surface area (Å²) < 4.78 is 1.97. The molecule has 0 saturated heterocycles. The van der Waals surface area contributed by atoms with Gasteiger partial charge >= 0.3 is 0 Å². The lowest BCUT2D eigenvalue weighted by Crippen LogP contribution is -2.42. The van der Waals surface area contributed by atoms with Crippen molar-refractivity contribution in [3.63, 3.8) is 0 Å². The van der Waals surface area contributed by atoms with Gasteiger partial charge in [-0.3, -0.25) is 9.56 Å². The Balaban J connectivity index is 1.78. The van der Waals surface area contributed by atoms with Gasteiger partial charge in [-0.1, -0.05) is 19.9 Å². The number of guanidine groups is 1. The monoisotopic (exact) mass is 385 g/mol. The fourth-order valence-corrected chi connectivity index (χ4v) is 3.13. The van der Waals surface area contributed by atoms with Crippen molar-refractivity contribution in [3.8, 4) is 5.82 Å². The van der Waals surface area contributed by atoms with Gasteiger partial charge in [0.1, 0.15) is 11.6 Å². The van der Waals surface area contributed by atoms with E-state index < -0.39 is 0 Å². The van der Waals surface area contributed by atoms with Crippen LogP contribution in [0.1, 0.15) is 45.0 Å². The smallest absolute Gasteiger partial charge is 0.191 e. The van der Waals surface area contributed by atoms with Crippen LogP contribution in [0.4, 0.5) is 0 Å². The number of hydrogen-bond donors (Lipinski definition) is 2. The molecule has 0 radical (unpaired) electrons. The molecule has 0 spiro atoms. The maximum Gasteiger partial charge on any atom is 0.191 e. The predicted molar refractivity (Wildman–Crippen MR) is 116 cm³/mol. The van der Waals surface area contributed by atoms with Crippen molar-refractivity contribution >= 4 is 5.96 Å². The predicted octanol–water partition coefficient (Wildman–Crippen LogP) is 2.75. The molecule has 2 rings (SSSR count). The summed E-state index contributed by atoms with van der Waals surface area (Å²) in [4.78, 5) is 15.6. The van der Waals surface area contributed by atoms with Crippen LogP contribution in [0.2, 0.25) is 0 Å². The standard InChI is InChI=1S/C21H35N7/c1-6-27(7-2)13-8-9-17(3)26-21(22-5)25-16-19-10-11-20(24-15-19)28-14-12-23-18(28)4/h10-12,14-15,17H,6-9,13,16H2,1-5H3,(H2,22,25,26). The molecular formula is C21H35N7. The van der Waals surface area contributed by atoms with E-state index in [2.05, 4.69) is 57.3 Å². The van der Waals surface area contributed by atoms with Gasteiger partial charge in [-0.2, -0.15) is 0 Å². The molecule has 2 N–H and O–H groups in total. The molecule has 2 heterocycles. The Kier molecular flexibility index (Phi) is 8.94. The van der Waals surface area contributed by atoms with Crippen LogP contribution in [-0.2, 0) is 6.54 Å². The summed E-state index contributed by atoms with van der Waals surface area (Å²) in [6.45, 7) is 12.7. The van der Waals surface area contributed by atoms with Gasteiger partial charge in [0.05, 0.1) is 0 Å². The van der Waals surface area contributed by atoms with Gasteiger partial charge in [-0.05, 0) is 58.0 Å². The van der Waals surface area contributed by atoms with Crippen molar-refractivity contribution in [2.45, 2.75) is 53.1 Å². The third kappa shape index (κ3) is 6.64. The van der Waals surface area contributed by atoms with E-state index in [9.17, 15) is 0 Å². The molecule has 7 nitrogen and oxygen atoms in total. The van der Waals surface area contributed by atoms with Crippen LogP contribution in [0.5, 0.6) is 0 Å². The zero-order chi connectivity index (χ0) is 20.4. The van der Waals surface area contributed by atoms with Gasteiger partial charge in [0.15, 0.2) is 5.96 Å². The van der Waals surface area contributed by atoms with Crippen molar-refractivity contribution in [1.82, 2.24) is 30.1 Å². The second-order valence-electron chi connectivity index (χ2n) is 7.01. The highest BCUT2D eigenvalue weighted by atomic mass is 15.2. The molecule has 0 saturated carbocycles. The van der Waals surface area contributed by atoms with Crippen LogP contribution in [0, 0.1) is 6.92 Å². The van der Waals surface area contributed by atoms with Crippen LogP contribution in [0.25, 0.3) is 5.82 Å². The molecule has 1 unspecified atom stereocenters. The average molecular weight is 386 g/mol. The number of aliphatic imine (C=N–C) groups is 1. The van der Waals surface area contributed by atoms with Gasteiger partial charge in [-0.15, -0.1) is 0 Å². The van der Waals surface area contributed by atoms with Crippen LogP contribution < -0.4 is 10.6 Å². The number of nitrogens with one attached hydrogen (secondary N) is 2. The summed E-state index contributed by atoms with van der Waals surface area (Å²) >= 11 is 0. The second kappa shape index (κ2) is 11.4. The van der Waals surface area contributed by atoms with E-state index in [0.29, 0.717) is 12.6 Å². The topological polar surface area (TPSA) is 70.4 Å². The summed E-state index contributed by atoms with van der Waals surface area (Å²) in [5.74, 6) is 2.63. The molecular weight excluding hydrogens is 350 g/mol. The zero-order valence-electron chi connectivity index (χ0n) is 17.9. The Morgan fingerprint density at radius 2 is 2.04 bits per heavy atom. The van der Waals surface area contributed by atoms with Gasteiger partial charge in [0, 0.05) is 38.2 Å². The van der Waals surface area contributed by atoms with Crippen molar-refractivity contribution < 1.29 is 0 Å². The molecule has 0 aliphatic heterocycles. The minimum Gasteiger partial charge on any atom is -0.354 e. The van der Waals surface area contributed by atoms with Crippen LogP contribution >= 0.6 is 0 Å². The summed E-state index contributed by atoms with van der Waals surface area (Å²) in [6.07, 6.45) is 7.90. The fourth-order valence-electron chi connectivity index (χ4n) is 3.13. The van der Waals surface area contributed by atoms with E-state index >= 15 is 0 Å². The third-order valence-electron chi connectivity index (χ3n) is 4.95. The van der Waals surface area contributed by atoms with E-state index in [1.165, 1.54) is 6.42 Å². The Morgan fingerprint density at radius 1 is 1.25 bits per heavy atom.